The molecule has 2 amide bonds. The first-order valence-electron chi connectivity index (χ1n) is 5.85. The van der Waals surface area contributed by atoms with Crippen molar-refractivity contribution in [3.8, 4) is 0 Å². The van der Waals surface area contributed by atoms with Crippen LogP contribution in [-0.4, -0.2) is 31.2 Å². The zero-order chi connectivity index (χ0) is 12.8. The second-order valence-electron chi connectivity index (χ2n) is 3.82. The van der Waals surface area contributed by atoms with Crippen molar-refractivity contribution in [1.29, 1.82) is 0 Å². The lowest BCUT2D eigenvalue weighted by molar-refractivity contribution is 0.243. The summed E-state index contributed by atoms with van der Waals surface area (Å²) in [5, 5.41) is 9.47. The summed E-state index contributed by atoms with van der Waals surface area (Å²) in [6.45, 7) is 1.19. The summed E-state index contributed by atoms with van der Waals surface area (Å²) in [5.41, 5.74) is 0.960. The van der Waals surface area contributed by atoms with E-state index in [1.54, 1.807) is 7.05 Å². The molecule has 0 fully saturated rings. The first-order chi connectivity index (χ1) is 8.79. The van der Waals surface area contributed by atoms with E-state index in [1.165, 1.54) is 0 Å². The SMILES string of the molecule is CNC(=O)NCCNc1ccc2ccccc2n1. The van der Waals surface area contributed by atoms with E-state index in [9.17, 15) is 4.79 Å². The number of hydrogen-bond donors (Lipinski definition) is 3. The Hall–Kier alpha value is -2.30. The van der Waals surface area contributed by atoms with Gasteiger partial charge in [-0.25, -0.2) is 9.78 Å². The number of anilines is 1. The molecule has 2 aromatic rings. The Morgan fingerprint density at radius 3 is 2.83 bits per heavy atom. The third-order valence-electron chi connectivity index (χ3n) is 2.54. The molecule has 1 aromatic heterocycles. The minimum absolute atomic E-state index is 0.178. The Balaban J connectivity index is 1.90. The number of nitrogens with one attached hydrogen (secondary N) is 3. The van der Waals surface area contributed by atoms with Crippen LogP contribution in [0.25, 0.3) is 10.9 Å². The largest absolute Gasteiger partial charge is 0.368 e. The van der Waals surface area contributed by atoms with Crippen LogP contribution in [0.5, 0.6) is 0 Å². The Labute approximate surface area is 106 Å². The van der Waals surface area contributed by atoms with Gasteiger partial charge in [-0.05, 0) is 18.2 Å². The molecule has 0 unspecified atom stereocenters. The number of aromatic nitrogens is 1. The minimum atomic E-state index is -0.178. The van der Waals surface area contributed by atoms with Crippen LogP contribution in [0.4, 0.5) is 10.6 Å². The molecule has 0 atom stereocenters. The van der Waals surface area contributed by atoms with Crippen LogP contribution in [0.2, 0.25) is 0 Å². The molecule has 0 radical (unpaired) electrons. The first-order valence-corrected chi connectivity index (χ1v) is 5.85. The quantitative estimate of drug-likeness (QED) is 0.715. The fourth-order valence-corrected chi connectivity index (χ4v) is 1.62. The Kier molecular flexibility index (Phi) is 3.96. The second kappa shape index (κ2) is 5.86. The van der Waals surface area contributed by atoms with Gasteiger partial charge in [-0.2, -0.15) is 0 Å². The van der Waals surface area contributed by atoms with Gasteiger partial charge >= 0.3 is 6.03 Å². The van der Waals surface area contributed by atoms with Crippen molar-refractivity contribution in [2.45, 2.75) is 0 Å². The number of nitrogens with zero attached hydrogens (tertiary/aromatic N) is 1. The van der Waals surface area contributed by atoms with Crippen molar-refractivity contribution in [3.63, 3.8) is 0 Å². The Morgan fingerprint density at radius 1 is 1.17 bits per heavy atom. The summed E-state index contributed by atoms with van der Waals surface area (Å²) in [7, 11) is 1.59. The lowest BCUT2D eigenvalue weighted by atomic mass is 10.2. The molecular formula is C13H16N4O. The fraction of sp³-hybridized carbons (Fsp3) is 0.231. The molecule has 5 heteroatoms. The van der Waals surface area contributed by atoms with Gasteiger partial charge in [0.1, 0.15) is 5.82 Å². The van der Waals surface area contributed by atoms with Crippen LogP contribution >= 0.6 is 0 Å². The summed E-state index contributed by atoms with van der Waals surface area (Å²) in [6.07, 6.45) is 0. The number of benzene rings is 1. The second-order valence-corrected chi connectivity index (χ2v) is 3.82. The molecule has 0 saturated heterocycles. The van der Waals surface area contributed by atoms with Crippen molar-refractivity contribution in [1.82, 2.24) is 15.6 Å². The molecular weight excluding hydrogens is 228 g/mol. The van der Waals surface area contributed by atoms with Crippen LogP contribution in [0.15, 0.2) is 36.4 Å². The van der Waals surface area contributed by atoms with Gasteiger partial charge in [0.25, 0.3) is 0 Å². The molecule has 0 aliphatic carbocycles. The molecule has 3 N–H and O–H groups in total. The van der Waals surface area contributed by atoms with Gasteiger partial charge in [-0.15, -0.1) is 0 Å². The summed E-state index contributed by atoms with van der Waals surface area (Å²) < 4.78 is 0. The number of rotatable bonds is 4. The van der Waals surface area contributed by atoms with E-state index in [2.05, 4.69) is 20.9 Å². The van der Waals surface area contributed by atoms with Crippen molar-refractivity contribution >= 4 is 22.8 Å². The van der Waals surface area contributed by atoms with Gasteiger partial charge in [-0.1, -0.05) is 18.2 Å². The van der Waals surface area contributed by atoms with E-state index < -0.39 is 0 Å². The van der Waals surface area contributed by atoms with Gasteiger partial charge in [0.05, 0.1) is 5.52 Å². The Bertz CT molecular complexity index is 541. The summed E-state index contributed by atoms with van der Waals surface area (Å²) >= 11 is 0. The van der Waals surface area contributed by atoms with E-state index in [-0.39, 0.29) is 6.03 Å². The van der Waals surface area contributed by atoms with Crippen molar-refractivity contribution < 1.29 is 4.79 Å². The van der Waals surface area contributed by atoms with Crippen molar-refractivity contribution in [3.05, 3.63) is 36.4 Å². The molecule has 0 aliphatic rings. The summed E-state index contributed by atoms with van der Waals surface area (Å²) in [5.74, 6) is 0.812. The van der Waals surface area contributed by atoms with Crippen LogP contribution < -0.4 is 16.0 Å². The summed E-state index contributed by atoms with van der Waals surface area (Å²) in [6, 6.07) is 11.7. The van der Waals surface area contributed by atoms with Gasteiger partial charge < -0.3 is 16.0 Å². The number of para-hydroxylation sites is 1. The van der Waals surface area contributed by atoms with E-state index in [0.29, 0.717) is 13.1 Å². The molecule has 0 bridgehead atoms. The third kappa shape index (κ3) is 3.10. The monoisotopic (exact) mass is 244 g/mol. The van der Waals surface area contributed by atoms with E-state index in [0.717, 1.165) is 16.7 Å². The zero-order valence-electron chi connectivity index (χ0n) is 10.2. The molecule has 18 heavy (non-hydrogen) atoms. The lowest BCUT2D eigenvalue weighted by Crippen LogP contribution is -2.35. The average molecular weight is 244 g/mol. The van der Waals surface area contributed by atoms with Crippen LogP contribution in [0.3, 0.4) is 0 Å². The van der Waals surface area contributed by atoms with Crippen LogP contribution in [0.1, 0.15) is 0 Å². The summed E-state index contributed by atoms with van der Waals surface area (Å²) in [4.78, 5) is 15.4. The predicted octanol–water partition coefficient (Wildman–Crippen LogP) is 1.58. The zero-order valence-corrected chi connectivity index (χ0v) is 10.2. The van der Waals surface area contributed by atoms with E-state index >= 15 is 0 Å². The van der Waals surface area contributed by atoms with Crippen LogP contribution in [0, 0.1) is 0 Å². The lowest BCUT2D eigenvalue weighted by Gasteiger charge is -2.07. The number of fused-ring (bicyclic) bond motifs is 1. The Morgan fingerprint density at radius 2 is 2.00 bits per heavy atom. The number of carbonyl (C=O) groups excluding carboxylic acids is 1. The van der Waals surface area contributed by atoms with Gasteiger partial charge in [-0.3, -0.25) is 0 Å². The van der Waals surface area contributed by atoms with Gasteiger partial charge in [0.15, 0.2) is 0 Å². The number of amides is 2. The molecule has 94 valence electrons. The molecule has 0 saturated carbocycles. The van der Waals surface area contributed by atoms with Crippen molar-refractivity contribution in [2.75, 3.05) is 25.5 Å². The highest BCUT2D eigenvalue weighted by atomic mass is 16.2. The third-order valence-corrected chi connectivity index (χ3v) is 2.54. The predicted molar refractivity (Wildman–Crippen MR) is 72.7 cm³/mol. The minimum Gasteiger partial charge on any atom is -0.368 e. The van der Waals surface area contributed by atoms with Crippen molar-refractivity contribution in [2.24, 2.45) is 0 Å². The fourth-order valence-electron chi connectivity index (χ4n) is 1.62. The smallest absolute Gasteiger partial charge is 0.314 e. The topological polar surface area (TPSA) is 66.1 Å². The normalized spacial score (nSPS) is 10.1. The average Bonchev–Trinajstić information content (AvgIpc) is 2.43. The maximum atomic E-state index is 10.9. The van der Waals surface area contributed by atoms with Crippen LogP contribution in [-0.2, 0) is 0 Å². The highest BCUT2D eigenvalue weighted by Gasteiger charge is 1.98. The van der Waals surface area contributed by atoms with Gasteiger partial charge in [0, 0.05) is 25.5 Å². The number of hydrogen-bond acceptors (Lipinski definition) is 3. The number of carbonyl (C=O) groups is 1. The maximum Gasteiger partial charge on any atom is 0.314 e. The molecule has 0 spiro atoms. The van der Waals surface area contributed by atoms with E-state index in [4.69, 9.17) is 0 Å². The van der Waals surface area contributed by atoms with Gasteiger partial charge in [0.2, 0.25) is 0 Å². The highest BCUT2D eigenvalue weighted by molar-refractivity contribution is 5.80. The maximum absolute atomic E-state index is 10.9. The first kappa shape index (κ1) is 12.2. The molecule has 1 aromatic carbocycles. The number of urea groups is 1. The molecule has 0 aliphatic heterocycles. The molecule has 1 heterocycles. The molecule has 2 rings (SSSR count). The standard InChI is InChI=1S/C13H16N4O/c1-14-13(18)16-9-8-15-12-7-6-10-4-2-3-5-11(10)17-12/h2-7H,8-9H2,1H3,(H,15,17)(H2,14,16,18). The molecule has 5 nitrogen and oxygen atoms in total. The number of pyridine rings is 1. The van der Waals surface area contributed by atoms with E-state index in [1.807, 2.05) is 36.4 Å². The highest BCUT2D eigenvalue weighted by Crippen LogP contribution is 2.13.